The van der Waals surface area contributed by atoms with Gasteiger partial charge in [0.15, 0.2) is 0 Å². The van der Waals surface area contributed by atoms with Crippen LogP contribution in [0, 0.1) is 11.8 Å². The number of hydrogen-bond donors (Lipinski definition) is 1. The molecule has 0 radical (unpaired) electrons. The number of rotatable bonds is 4. The van der Waals surface area contributed by atoms with E-state index >= 15 is 0 Å². The van der Waals surface area contributed by atoms with Crippen LogP contribution in [0.3, 0.4) is 0 Å². The molecule has 0 aromatic carbocycles. The fourth-order valence-corrected chi connectivity index (χ4v) is 1.80. The largest absolute Gasteiger partial charge is 0.381 e. The predicted octanol–water partition coefficient (Wildman–Crippen LogP) is 0.967. The summed E-state index contributed by atoms with van der Waals surface area (Å²) in [5.41, 5.74) is 5.54. The summed E-state index contributed by atoms with van der Waals surface area (Å²) in [6, 6.07) is 0. The van der Waals surface area contributed by atoms with Gasteiger partial charge in [-0.1, -0.05) is 6.92 Å². The number of ether oxygens (including phenoxy) is 1. The van der Waals surface area contributed by atoms with Gasteiger partial charge in [0.1, 0.15) is 5.78 Å². The minimum absolute atomic E-state index is 0.0723. The van der Waals surface area contributed by atoms with E-state index in [0.29, 0.717) is 12.3 Å². The summed E-state index contributed by atoms with van der Waals surface area (Å²) in [4.78, 5) is 11.8. The Morgan fingerprint density at radius 1 is 1.54 bits per heavy atom. The van der Waals surface area contributed by atoms with Gasteiger partial charge in [-0.25, -0.2) is 0 Å². The van der Waals surface area contributed by atoms with Gasteiger partial charge >= 0.3 is 0 Å². The van der Waals surface area contributed by atoms with Crippen LogP contribution in [-0.4, -0.2) is 25.5 Å². The standard InChI is InChI=1S/C10H19NO2/c1-2-8(7-11)10(12)9-3-5-13-6-4-9/h8-9H,2-7,11H2,1H3. The minimum Gasteiger partial charge on any atom is -0.381 e. The first-order valence-electron chi connectivity index (χ1n) is 5.11. The molecule has 76 valence electrons. The lowest BCUT2D eigenvalue weighted by molar-refractivity contribution is -0.129. The number of ketones is 1. The van der Waals surface area contributed by atoms with Crippen molar-refractivity contribution in [2.24, 2.45) is 17.6 Å². The Bertz CT molecular complexity index is 160. The van der Waals surface area contributed by atoms with Crippen LogP contribution in [0.15, 0.2) is 0 Å². The predicted molar refractivity (Wildman–Crippen MR) is 51.4 cm³/mol. The molecule has 1 heterocycles. The Balaban J connectivity index is 2.44. The summed E-state index contributed by atoms with van der Waals surface area (Å²) >= 11 is 0. The third kappa shape index (κ3) is 2.78. The first-order chi connectivity index (χ1) is 6.29. The number of hydrogen-bond acceptors (Lipinski definition) is 3. The van der Waals surface area contributed by atoms with Crippen molar-refractivity contribution >= 4 is 5.78 Å². The maximum atomic E-state index is 11.8. The molecule has 2 N–H and O–H groups in total. The zero-order valence-electron chi connectivity index (χ0n) is 8.29. The minimum atomic E-state index is 0.0723. The van der Waals surface area contributed by atoms with E-state index in [0.717, 1.165) is 32.5 Å². The number of carbonyl (C=O) groups is 1. The van der Waals surface area contributed by atoms with Gasteiger partial charge in [-0.15, -0.1) is 0 Å². The van der Waals surface area contributed by atoms with Crippen molar-refractivity contribution in [3.8, 4) is 0 Å². The molecule has 1 fully saturated rings. The smallest absolute Gasteiger partial charge is 0.140 e. The third-order valence-corrected chi connectivity index (χ3v) is 2.80. The molecule has 1 rings (SSSR count). The molecular weight excluding hydrogens is 166 g/mol. The van der Waals surface area contributed by atoms with Crippen molar-refractivity contribution in [3.63, 3.8) is 0 Å². The Labute approximate surface area is 79.6 Å². The molecule has 0 spiro atoms. The van der Waals surface area contributed by atoms with E-state index in [1.807, 2.05) is 6.92 Å². The average molecular weight is 185 g/mol. The molecule has 0 amide bonds. The second-order valence-corrected chi connectivity index (χ2v) is 3.63. The molecule has 3 nitrogen and oxygen atoms in total. The van der Waals surface area contributed by atoms with Gasteiger partial charge in [0.25, 0.3) is 0 Å². The second kappa shape index (κ2) is 5.35. The summed E-state index contributed by atoms with van der Waals surface area (Å²) in [6.45, 7) is 3.98. The summed E-state index contributed by atoms with van der Waals surface area (Å²) in [6.07, 6.45) is 2.64. The molecule has 0 bridgehead atoms. The average Bonchev–Trinajstić information content (AvgIpc) is 2.21. The van der Waals surface area contributed by atoms with Crippen LogP contribution in [0.25, 0.3) is 0 Å². The van der Waals surface area contributed by atoms with E-state index in [9.17, 15) is 4.79 Å². The zero-order chi connectivity index (χ0) is 9.68. The molecule has 0 aromatic heterocycles. The van der Waals surface area contributed by atoms with Crippen molar-refractivity contribution in [3.05, 3.63) is 0 Å². The summed E-state index contributed by atoms with van der Waals surface area (Å²) < 4.78 is 5.21. The van der Waals surface area contributed by atoms with Gasteiger partial charge in [0.2, 0.25) is 0 Å². The fourth-order valence-electron chi connectivity index (χ4n) is 1.80. The topological polar surface area (TPSA) is 52.3 Å². The first kappa shape index (κ1) is 10.7. The van der Waals surface area contributed by atoms with Gasteiger partial charge in [0, 0.05) is 31.6 Å². The van der Waals surface area contributed by atoms with Gasteiger partial charge in [-0.2, -0.15) is 0 Å². The quantitative estimate of drug-likeness (QED) is 0.710. The van der Waals surface area contributed by atoms with Gasteiger partial charge < -0.3 is 10.5 Å². The third-order valence-electron chi connectivity index (χ3n) is 2.80. The Kier molecular flexibility index (Phi) is 4.39. The van der Waals surface area contributed by atoms with E-state index in [4.69, 9.17) is 10.5 Å². The van der Waals surface area contributed by atoms with Crippen molar-refractivity contribution in [2.45, 2.75) is 26.2 Å². The maximum Gasteiger partial charge on any atom is 0.140 e. The van der Waals surface area contributed by atoms with E-state index in [1.165, 1.54) is 0 Å². The fraction of sp³-hybridized carbons (Fsp3) is 0.900. The van der Waals surface area contributed by atoms with Crippen LogP contribution in [0.4, 0.5) is 0 Å². The SMILES string of the molecule is CCC(CN)C(=O)C1CCOCC1. The number of carbonyl (C=O) groups excluding carboxylic acids is 1. The van der Waals surface area contributed by atoms with Gasteiger partial charge in [0.05, 0.1) is 0 Å². The highest BCUT2D eigenvalue weighted by molar-refractivity contribution is 5.83. The molecule has 1 aliphatic rings. The normalized spacial score (nSPS) is 21.4. The Hall–Kier alpha value is -0.410. The highest BCUT2D eigenvalue weighted by atomic mass is 16.5. The second-order valence-electron chi connectivity index (χ2n) is 3.63. The number of Topliss-reactive ketones (excluding diaryl/α,β-unsaturated/α-hetero) is 1. The van der Waals surface area contributed by atoms with Crippen LogP contribution >= 0.6 is 0 Å². The first-order valence-corrected chi connectivity index (χ1v) is 5.11. The summed E-state index contributed by atoms with van der Waals surface area (Å²) in [7, 11) is 0. The van der Waals surface area contributed by atoms with E-state index in [2.05, 4.69) is 0 Å². The van der Waals surface area contributed by atoms with E-state index in [-0.39, 0.29) is 11.8 Å². The molecular formula is C10H19NO2. The van der Waals surface area contributed by atoms with Gasteiger partial charge in [-0.05, 0) is 19.3 Å². The van der Waals surface area contributed by atoms with Crippen LogP contribution in [0.5, 0.6) is 0 Å². The number of nitrogens with two attached hydrogens (primary N) is 1. The van der Waals surface area contributed by atoms with Crippen LogP contribution in [0.2, 0.25) is 0 Å². The lowest BCUT2D eigenvalue weighted by Gasteiger charge is -2.24. The molecule has 0 aromatic rings. The molecule has 1 aliphatic heterocycles. The van der Waals surface area contributed by atoms with Crippen molar-refractivity contribution < 1.29 is 9.53 Å². The lowest BCUT2D eigenvalue weighted by Crippen LogP contribution is -2.32. The highest BCUT2D eigenvalue weighted by Gasteiger charge is 2.26. The molecule has 1 atom stereocenters. The van der Waals surface area contributed by atoms with E-state index in [1.54, 1.807) is 0 Å². The molecule has 3 heteroatoms. The molecule has 1 unspecified atom stereocenters. The molecule has 0 saturated carbocycles. The lowest BCUT2D eigenvalue weighted by atomic mass is 9.86. The monoisotopic (exact) mass is 185 g/mol. The van der Waals surface area contributed by atoms with Gasteiger partial charge in [-0.3, -0.25) is 4.79 Å². The molecule has 13 heavy (non-hydrogen) atoms. The van der Waals surface area contributed by atoms with Crippen LogP contribution in [0.1, 0.15) is 26.2 Å². The summed E-state index contributed by atoms with van der Waals surface area (Å²) in [5.74, 6) is 0.638. The van der Waals surface area contributed by atoms with Crippen molar-refractivity contribution in [2.75, 3.05) is 19.8 Å². The summed E-state index contributed by atoms with van der Waals surface area (Å²) in [5, 5.41) is 0. The van der Waals surface area contributed by atoms with Crippen LogP contribution < -0.4 is 5.73 Å². The van der Waals surface area contributed by atoms with E-state index < -0.39 is 0 Å². The Morgan fingerprint density at radius 3 is 2.62 bits per heavy atom. The van der Waals surface area contributed by atoms with Crippen LogP contribution in [-0.2, 0) is 9.53 Å². The molecule has 1 saturated heterocycles. The zero-order valence-corrected chi connectivity index (χ0v) is 8.29. The molecule has 0 aliphatic carbocycles. The van der Waals surface area contributed by atoms with Crippen molar-refractivity contribution in [1.29, 1.82) is 0 Å². The van der Waals surface area contributed by atoms with Crippen molar-refractivity contribution in [1.82, 2.24) is 0 Å². The maximum absolute atomic E-state index is 11.8. The highest BCUT2D eigenvalue weighted by Crippen LogP contribution is 2.20. The Morgan fingerprint density at radius 2 is 2.15 bits per heavy atom.